The maximum atomic E-state index is 11.9. The number of hydrogen-bond acceptors (Lipinski definition) is 4. The van der Waals surface area contributed by atoms with Crippen LogP contribution in [0.3, 0.4) is 0 Å². The van der Waals surface area contributed by atoms with Crippen LogP contribution in [0.4, 0.5) is 0 Å². The molecule has 2 N–H and O–H groups in total. The van der Waals surface area contributed by atoms with Crippen LogP contribution in [-0.4, -0.2) is 21.6 Å². The Morgan fingerprint density at radius 2 is 2.10 bits per heavy atom. The third-order valence-corrected chi connectivity index (χ3v) is 4.15. The Bertz CT molecular complexity index is 672. The van der Waals surface area contributed by atoms with Crippen LogP contribution in [0.25, 0.3) is 0 Å². The van der Waals surface area contributed by atoms with E-state index in [2.05, 4.69) is 31.2 Å². The van der Waals surface area contributed by atoms with Gasteiger partial charge in [-0.2, -0.15) is 0 Å². The molecule has 0 radical (unpaired) electrons. The quantitative estimate of drug-likeness (QED) is 0.628. The monoisotopic (exact) mass is 367 g/mol. The smallest absolute Gasteiger partial charge is 0.251 e. The van der Waals surface area contributed by atoms with E-state index in [4.69, 9.17) is 0 Å². The fraction of sp³-hybridized carbons (Fsp3) is 0.214. The number of benzene rings is 1. The number of carbonyl (C=O) groups is 1. The van der Waals surface area contributed by atoms with E-state index in [0.29, 0.717) is 5.16 Å². The summed E-state index contributed by atoms with van der Waals surface area (Å²) in [7, 11) is 0. The molecule has 1 atom stereocenters. The third kappa shape index (κ3) is 5.02. The molecule has 0 unspecified atom stereocenters. The lowest BCUT2D eigenvalue weighted by atomic mass is 10.1. The van der Waals surface area contributed by atoms with Crippen LogP contribution in [0, 0.1) is 0 Å². The van der Waals surface area contributed by atoms with Gasteiger partial charge >= 0.3 is 0 Å². The lowest BCUT2D eigenvalue weighted by Crippen LogP contribution is -2.28. The Hall–Kier alpha value is -1.60. The molecule has 1 amide bonds. The number of amides is 1. The third-order valence-electron chi connectivity index (χ3n) is 2.74. The molecule has 0 aliphatic rings. The van der Waals surface area contributed by atoms with Crippen LogP contribution < -0.4 is 10.9 Å². The zero-order valence-corrected chi connectivity index (χ0v) is 13.7. The summed E-state index contributed by atoms with van der Waals surface area (Å²) in [5.74, 6) is 0.0929. The van der Waals surface area contributed by atoms with Crippen LogP contribution in [0.2, 0.25) is 0 Å². The molecule has 7 heteroatoms. The first-order chi connectivity index (χ1) is 10.0. The van der Waals surface area contributed by atoms with Gasteiger partial charge in [-0.3, -0.25) is 9.59 Å². The molecule has 110 valence electrons. The Balaban J connectivity index is 1.86. The van der Waals surface area contributed by atoms with E-state index in [1.165, 1.54) is 24.0 Å². The summed E-state index contributed by atoms with van der Waals surface area (Å²) in [6.07, 6.45) is 1.42. The van der Waals surface area contributed by atoms with Crippen molar-refractivity contribution in [2.75, 3.05) is 5.75 Å². The van der Waals surface area contributed by atoms with Gasteiger partial charge in [-0.25, -0.2) is 4.98 Å². The Morgan fingerprint density at radius 1 is 1.38 bits per heavy atom. The molecule has 1 aromatic carbocycles. The molecule has 0 saturated carbocycles. The molecular weight excluding hydrogens is 354 g/mol. The van der Waals surface area contributed by atoms with Crippen LogP contribution in [-0.2, 0) is 4.79 Å². The highest BCUT2D eigenvalue weighted by molar-refractivity contribution is 9.10. The average molecular weight is 368 g/mol. The highest BCUT2D eigenvalue weighted by atomic mass is 79.9. The van der Waals surface area contributed by atoms with Crippen molar-refractivity contribution in [2.24, 2.45) is 0 Å². The fourth-order valence-corrected chi connectivity index (χ4v) is 2.60. The van der Waals surface area contributed by atoms with E-state index < -0.39 is 0 Å². The fourth-order valence-electron chi connectivity index (χ4n) is 1.68. The van der Waals surface area contributed by atoms with Crippen LogP contribution in [0.5, 0.6) is 0 Å². The second-order valence-electron chi connectivity index (χ2n) is 4.37. The molecule has 0 bridgehead atoms. The van der Waals surface area contributed by atoms with E-state index in [9.17, 15) is 9.59 Å². The minimum absolute atomic E-state index is 0.0750. The standard InChI is InChI=1S/C14H14BrN3O2S/c1-9(10-2-4-11(15)5-3-10)17-13(20)8-21-14-16-7-6-12(19)18-14/h2-7,9H,8H2,1H3,(H,17,20)(H,16,18,19)/t9-/m1/s1. The van der Waals surface area contributed by atoms with E-state index in [1.807, 2.05) is 31.2 Å². The number of nitrogens with zero attached hydrogens (tertiary/aromatic N) is 1. The highest BCUT2D eigenvalue weighted by Gasteiger charge is 2.10. The summed E-state index contributed by atoms with van der Waals surface area (Å²) in [6, 6.07) is 9.04. The van der Waals surface area contributed by atoms with Crippen molar-refractivity contribution in [3.8, 4) is 0 Å². The van der Waals surface area contributed by atoms with Gasteiger partial charge in [0.25, 0.3) is 5.56 Å². The number of H-pyrrole nitrogens is 1. The van der Waals surface area contributed by atoms with Crippen molar-refractivity contribution in [1.29, 1.82) is 0 Å². The van der Waals surface area contributed by atoms with Crippen LogP contribution in [0.15, 0.2) is 51.0 Å². The predicted molar refractivity (Wildman–Crippen MR) is 86.3 cm³/mol. The molecule has 1 aromatic heterocycles. The van der Waals surface area contributed by atoms with Crippen LogP contribution in [0.1, 0.15) is 18.5 Å². The number of hydrogen-bond donors (Lipinski definition) is 2. The number of aromatic nitrogens is 2. The van der Waals surface area contributed by atoms with E-state index in [1.54, 1.807) is 0 Å². The maximum absolute atomic E-state index is 11.9. The molecule has 0 fully saturated rings. The Labute approximate surface area is 134 Å². The maximum Gasteiger partial charge on any atom is 0.251 e. The molecule has 0 aliphatic heterocycles. The van der Waals surface area contributed by atoms with E-state index >= 15 is 0 Å². The summed E-state index contributed by atoms with van der Waals surface area (Å²) in [5.41, 5.74) is 0.805. The highest BCUT2D eigenvalue weighted by Crippen LogP contribution is 2.17. The van der Waals surface area contributed by atoms with E-state index in [0.717, 1.165) is 10.0 Å². The summed E-state index contributed by atoms with van der Waals surface area (Å²) in [4.78, 5) is 29.5. The zero-order valence-electron chi connectivity index (χ0n) is 11.3. The van der Waals surface area contributed by atoms with Gasteiger partial charge in [-0.1, -0.05) is 39.8 Å². The van der Waals surface area contributed by atoms with Crippen molar-refractivity contribution in [3.63, 3.8) is 0 Å². The summed E-state index contributed by atoms with van der Waals surface area (Å²) in [6.45, 7) is 1.93. The lowest BCUT2D eigenvalue weighted by molar-refractivity contribution is -0.119. The van der Waals surface area contributed by atoms with Crippen molar-refractivity contribution >= 4 is 33.6 Å². The van der Waals surface area contributed by atoms with Gasteiger partial charge in [0, 0.05) is 16.7 Å². The van der Waals surface area contributed by atoms with Gasteiger partial charge in [0.15, 0.2) is 5.16 Å². The first-order valence-corrected chi connectivity index (χ1v) is 8.05. The normalized spacial score (nSPS) is 11.9. The SMILES string of the molecule is C[C@@H](NC(=O)CSc1nccc(=O)[nH]1)c1ccc(Br)cc1. The molecule has 2 aromatic rings. The zero-order chi connectivity index (χ0) is 15.2. The second-order valence-corrected chi connectivity index (χ2v) is 6.25. The first-order valence-electron chi connectivity index (χ1n) is 6.27. The summed E-state index contributed by atoms with van der Waals surface area (Å²) in [5, 5.41) is 3.34. The predicted octanol–water partition coefficient (Wildman–Crippen LogP) is 2.50. The first kappa shape index (κ1) is 15.8. The molecule has 0 saturated heterocycles. The minimum atomic E-state index is -0.226. The minimum Gasteiger partial charge on any atom is -0.349 e. The number of aromatic amines is 1. The molecule has 2 rings (SSSR count). The number of halogens is 1. The van der Waals surface area contributed by atoms with Gasteiger partial charge in [0.2, 0.25) is 5.91 Å². The molecule has 1 heterocycles. The van der Waals surface area contributed by atoms with Gasteiger partial charge < -0.3 is 10.3 Å². The van der Waals surface area contributed by atoms with Crippen molar-refractivity contribution in [2.45, 2.75) is 18.1 Å². The lowest BCUT2D eigenvalue weighted by Gasteiger charge is -2.14. The van der Waals surface area contributed by atoms with Crippen molar-refractivity contribution in [1.82, 2.24) is 15.3 Å². The molecule has 0 aliphatic carbocycles. The summed E-state index contributed by atoms with van der Waals surface area (Å²) < 4.78 is 0.999. The number of rotatable bonds is 5. The number of carbonyl (C=O) groups excluding carboxylic acids is 1. The average Bonchev–Trinajstić information content (AvgIpc) is 2.46. The van der Waals surface area contributed by atoms with Crippen LogP contribution >= 0.6 is 27.7 Å². The molecule has 5 nitrogen and oxygen atoms in total. The molecule has 0 spiro atoms. The Morgan fingerprint density at radius 3 is 2.76 bits per heavy atom. The van der Waals surface area contributed by atoms with Gasteiger partial charge in [-0.05, 0) is 24.6 Å². The van der Waals surface area contributed by atoms with Gasteiger partial charge in [0.1, 0.15) is 0 Å². The topological polar surface area (TPSA) is 74.8 Å². The summed E-state index contributed by atoms with van der Waals surface area (Å²) >= 11 is 4.57. The number of thioether (sulfide) groups is 1. The van der Waals surface area contributed by atoms with Crippen molar-refractivity contribution in [3.05, 3.63) is 56.9 Å². The second kappa shape index (κ2) is 7.42. The van der Waals surface area contributed by atoms with Crippen molar-refractivity contribution < 1.29 is 4.79 Å². The van der Waals surface area contributed by atoms with Gasteiger partial charge in [0.05, 0.1) is 11.8 Å². The number of nitrogens with one attached hydrogen (secondary N) is 2. The van der Waals surface area contributed by atoms with E-state index in [-0.39, 0.29) is 23.3 Å². The molecular formula is C14H14BrN3O2S. The van der Waals surface area contributed by atoms with Gasteiger partial charge in [-0.15, -0.1) is 0 Å². The Kier molecular flexibility index (Phi) is 5.58. The molecule has 21 heavy (non-hydrogen) atoms. The largest absolute Gasteiger partial charge is 0.349 e.